The van der Waals surface area contributed by atoms with E-state index < -0.39 is 0 Å². The standard InChI is InChI=1S/C22H31N3OS.2ClH/c26-21(10-18-14-27-6-5-23-18)24-19-3-1-2-4-20(19)25-22-11-15-7-16(12-22)9-17(8-15)13-22;;/h1-4,15-18,23,25H,5-14H2,(H,24,26);2*1H. The second kappa shape index (κ2) is 9.67. The van der Waals surface area contributed by atoms with Crippen LogP contribution in [0.2, 0.25) is 0 Å². The van der Waals surface area contributed by atoms with E-state index in [2.05, 4.69) is 28.1 Å². The molecule has 6 rings (SSSR count). The highest BCUT2D eigenvalue weighted by molar-refractivity contribution is 7.99. The summed E-state index contributed by atoms with van der Waals surface area (Å²) in [6.07, 6.45) is 8.83. The molecule has 1 aromatic carbocycles. The third kappa shape index (κ3) is 5.17. The van der Waals surface area contributed by atoms with Gasteiger partial charge in [0.2, 0.25) is 5.91 Å². The summed E-state index contributed by atoms with van der Waals surface area (Å²) in [6.45, 7) is 1.01. The zero-order chi connectivity index (χ0) is 18.3. The van der Waals surface area contributed by atoms with Crippen molar-refractivity contribution in [2.24, 2.45) is 17.8 Å². The van der Waals surface area contributed by atoms with Gasteiger partial charge in [-0.3, -0.25) is 4.79 Å². The van der Waals surface area contributed by atoms with E-state index in [1.54, 1.807) is 0 Å². The molecule has 0 aromatic heterocycles. The van der Waals surface area contributed by atoms with Crippen LogP contribution in [-0.2, 0) is 4.79 Å². The molecule has 0 radical (unpaired) electrons. The fourth-order valence-electron chi connectivity index (χ4n) is 6.43. The molecule has 5 fully saturated rings. The molecule has 1 atom stereocenters. The van der Waals surface area contributed by atoms with Crippen LogP contribution >= 0.6 is 36.6 Å². The van der Waals surface area contributed by atoms with Crippen molar-refractivity contribution >= 4 is 53.9 Å². The molecule has 1 aromatic rings. The Labute approximate surface area is 190 Å². The Morgan fingerprint density at radius 1 is 1.03 bits per heavy atom. The zero-order valence-corrected chi connectivity index (χ0v) is 19.3. The van der Waals surface area contributed by atoms with Crippen LogP contribution in [0.3, 0.4) is 0 Å². The summed E-state index contributed by atoms with van der Waals surface area (Å²) in [5.41, 5.74) is 2.32. The van der Waals surface area contributed by atoms with Crippen LogP contribution in [0.5, 0.6) is 0 Å². The molecule has 1 amide bonds. The average Bonchev–Trinajstić information content (AvgIpc) is 2.63. The quantitative estimate of drug-likeness (QED) is 0.585. The average molecular weight is 458 g/mol. The predicted octanol–water partition coefficient (Wildman–Crippen LogP) is 4.94. The summed E-state index contributed by atoms with van der Waals surface area (Å²) in [5.74, 6) is 5.05. The molecule has 7 heteroatoms. The van der Waals surface area contributed by atoms with Gasteiger partial charge in [-0.1, -0.05) is 12.1 Å². The van der Waals surface area contributed by atoms with Crippen LogP contribution < -0.4 is 16.0 Å². The molecular formula is C22H33Cl2N3OS. The van der Waals surface area contributed by atoms with Crippen molar-refractivity contribution in [1.82, 2.24) is 5.32 Å². The molecule has 29 heavy (non-hydrogen) atoms. The topological polar surface area (TPSA) is 53.2 Å². The van der Waals surface area contributed by atoms with E-state index in [-0.39, 0.29) is 36.3 Å². The molecule has 4 nitrogen and oxygen atoms in total. The fourth-order valence-corrected chi connectivity index (χ4v) is 7.38. The first kappa shape index (κ1) is 23.1. The summed E-state index contributed by atoms with van der Waals surface area (Å²) >= 11 is 1.94. The van der Waals surface area contributed by atoms with Gasteiger partial charge in [-0.05, 0) is 68.4 Å². The molecule has 4 bridgehead atoms. The summed E-state index contributed by atoms with van der Waals surface area (Å²) in [4.78, 5) is 12.6. The van der Waals surface area contributed by atoms with Crippen molar-refractivity contribution in [1.29, 1.82) is 0 Å². The van der Waals surface area contributed by atoms with E-state index in [1.807, 2.05) is 23.9 Å². The van der Waals surface area contributed by atoms with Gasteiger partial charge in [0, 0.05) is 36.1 Å². The molecule has 4 saturated carbocycles. The van der Waals surface area contributed by atoms with Crippen LogP contribution in [0, 0.1) is 17.8 Å². The maximum Gasteiger partial charge on any atom is 0.226 e. The first-order valence-electron chi connectivity index (χ1n) is 10.7. The number of benzene rings is 1. The number of carbonyl (C=O) groups is 1. The minimum Gasteiger partial charge on any atom is -0.378 e. The van der Waals surface area contributed by atoms with Gasteiger partial charge >= 0.3 is 0 Å². The van der Waals surface area contributed by atoms with E-state index in [9.17, 15) is 4.79 Å². The second-order valence-electron chi connectivity index (χ2n) is 9.35. The van der Waals surface area contributed by atoms with E-state index in [1.165, 1.54) is 38.5 Å². The summed E-state index contributed by atoms with van der Waals surface area (Å²) in [5, 5.41) is 10.6. The van der Waals surface area contributed by atoms with Crippen LogP contribution in [-0.4, -0.2) is 35.5 Å². The van der Waals surface area contributed by atoms with E-state index >= 15 is 0 Å². The number of amides is 1. The summed E-state index contributed by atoms with van der Waals surface area (Å²) in [7, 11) is 0. The Balaban J connectivity index is 0.00000120. The Morgan fingerprint density at radius 3 is 2.24 bits per heavy atom. The minimum atomic E-state index is 0. The largest absolute Gasteiger partial charge is 0.378 e. The second-order valence-corrected chi connectivity index (χ2v) is 10.5. The van der Waals surface area contributed by atoms with Crippen LogP contribution in [0.1, 0.15) is 44.9 Å². The third-order valence-electron chi connectivity index (χ3n) is 7.07. The first-order chi connectivity index (χ1) is 13.2. The Bertz CT molecular complexity index is 676. The highest BCUT2D eigenvalue weighted by atomic mass is 35.5. The summed E-state index contributed by atoms with van der Waals surface area (Å²) in [6, 6.07) is 8.59. The van der Waals surface area contributed by atoms with Crippen LogP contribution in [0.25, 0.3) is 0 Å². The SMILES string of the molecule is Cl.Cl.O=C(CC1CSCCN1)Nc1ccccc1NC12CC3CC(CC(C3)C1)C2. The number of hydrogen-bond donors (Lipinski definition) is 3. The molecule has 3 N–H and O–H groups in total. The number of rotatable bonds is 5. The monoisotopic (exact) mass is 457 g/mol. The molecule has 5 aliphatic rings. The number of para-hydroxylation sites is 2. The number of anilines is 2. The number of halogens is 2. The van der Waals surface area contributed by atoms with Crippen LogP contribution in [0.4, 0.5) is 11.4 Å². The minimum absolute atomic E-state index is 0. The van der Waals surface area contributed by atoms with Gasteiger partial charge in [0.1, 0.15) is 0 Å². The number of thioether (sulfide) groups is 1. The third-order valence-corrected chi connectivity index (χ3v) is 8.20. The highest BCUT2D eigenvalue weighted by Gasteiger charge is 2.51. The predicted molar refractivity (Wildman–Crippen MR) is 128 cm³/mol. The van der Waals surface area contributed by atoms with Crippen molar-refractivity contribution in [2.75, 3.05) is 28.7 Å². The molecule has 1 aliphatic heterocycles. The van der Waals surface area contributed by atoms with Gasteiger partial charge in [-0.2, -0.15) is 11.8 Å². The lowest BCUT2D eigenvalue weighted by Gasteiger charge is -2.57. The Hall–Kier alpha value is -0.620. The summed E-state index contributed by atoms with van der Waals surface area (Å²) < 4.78 is 0. The van der Waals surface area contributed by atoms with E-state index in [4.69, 9.17) is 0 Å². The molecule has 1 unspecified atom stereocenters. The molecule has 4 aliphatic carbocycles. The number of nitrogens with one attached hydrogen (secondary N) is 3. The van der Waals surface area contributed by atoms with Crippen molar-refractivity contribution in [3.8, 4) is 0 Å². The molecule has 1 heterocycles. The number of hydrogen-bond acceptors (Lipinski definition) is 4. The van der Waals surface area contributed by atoms with Gasteiger partial charge in [-0.25, -0.2) is 0 Å². The normalized spacial score (nSPS) is 34.6. The van der Waals surface area contributed by atoms with Gasteiger partial charge in [0.15, 0.2) is 0 Å². The molecule has 0 spiro atoms. The fraction of sp³-hybridized carbons (Fsp3) is 0.682. The van der Waals surface area contributed by atoms with Crippen molar-refractivity contribution in [3.05, 3.63) is 24.3 Å². The van der Waals surface area contributed by atoms with Crippen molar-refractivity contribution in [3.63, 3.8) is 0 Å². The van der Waals surface area contributed by atoms with E-state index in [0.29, 0.717) is 12.5 Å². The zero-order valence-electron chi connectivity index (χ0n) is 16.8. The van der Waals surface area contributed by atoms with Crippen LogP contribution in [0.15, 0.2) is 24.3 Å². The molecular weight excluding hydrogens is 425 g/mol. The van der Waals surface area contributed by atoms with Gasteiger partial charge in [0.25, 0.3) is 0 Å². The van der Waals surface area contributed by atoms with Gasteiger partial charge < -0.3 is 16.0 Å². The maximum atomic E-state index is 12.6. The Kier molecular flexibility index (Phi) is 7.69. The van der Waals surface area contributed by atoms with Gasteiger partial charge in [0.05, 0.1) is 11.4 Å². The smallest absolute Gasteiger partial charge is 0.226 e. The molecule has 162 valence electrons. The van der Waals surface area contributed by atoms with Crippen molar-refractivity contribution in [2.45, 2.75) is 56.5 Å². The Morgan fingerprint density at radius 2 is 1.66 bits per heavy atom. The lowest BCUT2D eigenvalue weighted by molar-refractivity contribution is -0.116. The highest BCUT2D eigenvalue weighted by Crippen LogP contribution is 2.56. The number of carbonyl (C=O) groups excluding carboxylic acids is 1. The van der Waals surface area contributed by atoms with Crippen molar-refractivity contribution < 1.29 is 4.79 Å². The maximum absolute atomic E-state index is 12.6. The lowest BCUT2D eigenvalue weighted by atomic mass is 9.53. The van der Waals surface area contributed by atoms with E-state index in [0.717, 1.165) is 47.2 Å². The first-order valence-corrected chi connectivity index (χ1v) is 11.8. The molecule has 1 saturated heterocycles. The lowest BCUT2D eigenvalue weighted by Crippen LogP contribution is -2.54. The van der Waals surface area contributed by atoms with Gasteiger partial charge in [-0.15, -0.1) is 24.8 Å².